The van der Waals surface area contributed by atoms with Gasteiger partial charge in [-0.2, -0.15) is 0 Å². The molecule has 12 heavy (non-hydrogen) atoms. The number of rotatable bonds is 4. The first-order valence-electron chi connectivity index (χ1n) is 3.63. The van der Waals surface area contributed by atoms with E-state index in [4.69, 9.17) is 14.2 Å². The van der Waals surface area contributed by atoms with E-state index in [1.165, 1.54) is 14.2 Å². The van der Waals surface area contributed by atoms with Crippen LogP contribution in [0.1, 0.15) is 13.8 Å². The maximum atomic E-state index is 11.1. The van der Waals surface area contributed by atoms with Crippen LogP contribution in [0.4, 0.5) is 0 Å². The fourth-order valence-corrected chi connectivity index (χ4v) is 0.712. The maximum absolute atomic E-state index is 11.1. The van der Waals surface area contributed by atoms with Gasteiger partial charge in [-0.05, 0) is 13.8 Å². The Morgan fingerprint density at radius 2 is 1.75 bits per heavy atom. The minimum Gasteiger partial charge on any atom is -0.468 e. The number of ether oxygens (including phenoxy) is 3. The standard InChI is InChI=1S/C8H14O4/c1-5-12-7(9)6(2)8(10-3)11-4/h5H2,1-4H3. The summed E-state index contributed by atoms with van der Waals surface area (Å²) >= 11 is 0. The van der Waals surface area contributed by atoms with Crippen molar-refractivity contribution in [2.24, 2.45) is 0 Å². The van der Waals surface area contributed by atoms with E-state index in [1.807, 2.05) is 0 Å². The molecule has 0 amide bonds. The van der Waals surface area contributed by atoms with Crippen molar-refractivity contribution >= 4 is 5.97 Å². The van der Waals surface area contributed by atoms with Crippen LogP contribution >= 0.6 is 0 Å². The van der Waals surface area contributed by atoms with Gasteiger partial charge in [-0.25, -0.2) is 4.79 Å². The number of hydrogen-bond acceptors (Lipinski definition) is 4. The normalized spacial score (nSPS) is 8.67. The number of esters is 1. The lowest BCUT2D eigenvalue weighted by Gasteiger charge is -2.07. The Morgan fingerprint density at radius 1 is 1.25 bits per heavy atom. The highest BCUT2D eigenvalue weighted by Gasteiger charge is 2.12. The zero-order chi connectivity index (χ0) is 9.56. The van der Waals surface area contributed by atoms with E-state index in [0.29, 0.717) is 12.2 Å². The third-order valence-electron chi connectivity index (χ3n) is 1.26. The summed E-state index contributed by atoms with van der Waals surface area (Å²) in [6.07, 6.45) is 0. The highest BCUT2D eigenvalue weighted by molar-refractivity contribution is 5.87. The zero-order valence-corrected chi connectivity index (χ0v) is 7.84. The van der Waals surface area contributed by atoms with Gasteiger partial charge < -0.3 is 14.2 Å². The van der Waals surface area contributed by atoms with E-state index >= 15 is 0 Å². The van der Waals surface area contributed by atoms with Gasteiger partial charge in [0.15, 0.2) is 0 Å². The molecular formula is C8H14O4. The molecular weight excluding hydrogens is 160 g/mol. The van der Waals surface area contributed by atoms with Gasteiger partial charge >= 0.3 is 5.97 Å². The van der Waals surface area contributed by atoms with Crippen LogP contribution in [-0.2, 0) is 19.0 Å². The molecule has 0 aromatic carbocycles. The minimum absolute atomic E-state index is 0.188. The molecule has 0 rings (SSSR count). The van der Waals surface area contributed by atoms with Gasteiger partial charge in [-0.3, -0.25) is 0 Å². The van der Waals surface area contributed by atoms with Crippen molar-refractivity contribution in [2.75, 3.05) is 20.8 Å². The molecule has 0 unspecified atom stereocenters. The maximum Gasteiger partial charge on any atom is 0.340 e. The SMILES string of the molecule is CCOC(=O)C(C)=C(OC)OC. The lowest BCUT2D eigenvalue weighted by atomic mass is 10.3. The van der Waals surface area contributed by atoms with Crippen molar-refractivity contribution in [2.45, 2.75) is 13.8 Å². The molecule has 0 radical (unpaired) electrons. The molecule has 0 aromatic heterocycles. The molecule has 0 aliphatic carbocycles. The van der Waals surface area contributed by atoms with E-state index in [1.54, 1.807) is 13.8 Å². The Bertz CT molecular complexity index is 177. The highest BCUT2D eigenvalue weighted by Crippen LogP contribution is 2.06. The largest absolute Gasteiger partial charge is 0.468 e. The summed E-state index contributed by atoms with van der Waals surface area (Å²) in [5.41, 5.74) is 0.335. The first-order valence-corrected chi connectivity index (χ1v) is 3.63. The van der Waals surface area contributed by atoms with Crippen LogP contribution in [0.5, 0.6) is 0 Å². The van der Waals surface area contributed by atoms with E-state index in [-0.39, 0.29) is 5.95 Å². The van der Waals surface area contributed by atoms with Crippen LogP contribution in [0.15, 0.2) is 11.5 Å². The van der Waals surface area contributed by atoms with Crippen molar-refractivity contribution in [1.82, 2.24) is 0 Å². The summed E-state index contributed by atoms with van der Waals surface area (Å²) in [6.45, 7) is 3.67. The second kappa shape index (κ2) is 5.46. The van der Waals surface area contributed by atoms with Crippen LogP contribution in [0.25, 0.3) is 0 Å². The molecule has 0 atom stereocenters. The molecule has 0 fully saturated rings. The van der Waals surface area contributed by atoms with Crippen molar-refractivity contribution in [1.29, 1.82) is 0 Å². The number of carbonyl (C=O) groups is 1. The van der Waals surface area contributed by atoms with Gasteiger partial charge in [0.1, 0.15) is 5.57 Å². The molecule has 4 heteroatoms. The predicted octanol–water partition coefficient (Wildman–Crippen LogP) is 1.07. The van der Waals surface area contributed by atoms with Crippen LogP contribution < -0.4 is 0 Å². The van der Waals surface area contributed by atoms with Crippen molar-refractivity contribution in [3.8, 4) is 0 Å². The summed E-state index contributed by atoms with van der Waals surface area (Å²) in [6, 6.07) is 0. The third kappa shape index (κ3) is 2.82. The lowest BCUT2D eigenvalue weighted by molar-refractivity contribution is -0.139. The molecule has 70 valence electrons. The van der Waals surface area contributed by atoms with Gasteiger partial charge in [0.05, 0.1) is 20.8 Å². The average Bonchev–Trinajstić information content (AvgIpc) is 2.07. The van der Waals surface area contributed by atoms with E-state index in [0.717, 1.165) is 0 Å². The Hall–Kier alpha value is -1.19. The molecule has 0 spiro atoms. The quantitative estimate of drug-likeness (QED) is 0.363. The van der Waals surface area contributed by atoms with E-state index in [9.17, 15) is 4.79 Å². The Balaban J connectivity index is 4.39. The summed E-state index contributed by atoms with van der Waals surface area (Å²) in [5.74, 6) is -0.232. The van der Waals surface area contributed by atoms with Crippen LogP contribution in [-0.4, -0.2) is 26.8 Å². The third-order valence-corrected chi connectivity index (χ3v) is 1.26. The van der Waals surface area contributed by atoms with Crippen molar-refractivity contribution in [3.63, 3.8) is 0 Å². The van der Waals surface area contributed by atoms with Gasteiger partial charge in [0, 0.05) is 0 Å². The average molecular weight is 174 g/mol. The highest BCUT2D eigenvalue weighted by atomic mass is 16.7. The summed E-state index contributed by atoms with van der Waals surface area (Å²) in [7, 11) is 2.86. The molecule has 0 N–H and O–H groups in total. The van der Waals surface area contributed by atoms with Crippen molar-refractivity contribution < 1.29 is 19.0 Å². The first-order chi connectivity index (χ1) is 5.67. The first kappa shape index (κ1) is 10.8. The van der Waals surface area contributed by atoms with Gasteiger partial charge in [0.25, 0.3) is 5.95 Å². The smallest absolute Gasteiger partial charge is 0.340 e. The second-order valence-electron chi connectivity index (χ2n) is 2.04. The zero-order valence-electron chi connectivity index (χ0n) is 7.84. The molecule has 0 saturated heterocycles. The van der Waals surface area contributed by atoms with Crippen LogP contribution in [0, 0.1) is 0 Å². The fraction of sp³-hybridized carbons (Fsp3) is 0.625. The number of methoxy groups -OCH3 is 2. The summed E-state index contributed by atoms with van der Waals surface area (Å²) in [4.78, 5) is 11.1. The monoisotopic (exact) mass is 174 g/mol. The molecule has 0 bridgehead atoms. The molecule has 0 aliphatic rings. The molecule has 0 aromatic rings. The second-order valence-corrected chi connectivity index (χ2v) is 2.04. The Labute approximate surface area is 72.1 Å². The predicted molar refractivity (Wildman–Crippen MR) is 43.4 cm³/mol. The Morgan fingerprint density at radius 3 is 2.08 bits per heavy atom. The van der Waals surface area contributed by atoms with E-state index in [2.05, 4.69) is 0 Å². The van der Waals surface area contributed by atoms with Gasteiger partial charge in [-0.15, -0.1) is 0 Å². The topological polar surface area (TPSA) is 44.8 Å². The van der Waals surface area contributed by atoms with Crippen LogP contribution in [0.2, 0.25) is 0 Å². The lowest BCUT2D eigenvalue weighted by Crippen LogP contribution is -2.09. The minimum atomic E-state index is -0.420. The molecule has 0 saturated carbocycles. The van der Waals surface area contributed by atoms with Crippen LogP contribution in [0.3, 0.4) is 0 Å². The van der Waals surface area contributed by atoms with E-state index < -0.39 is 5.97 Å². The Kier molecular flexibility index (Phi) is 4.92. The fourth-order valence-electron chi connectivity index (χ4n) is 0.712. The molecule has 0 aliphatic heterocycles. The number of hydrogen-bond donors (Lipinski definition) is 0. The number of carbonyl (C=O) groups excluding carboxylic acids is 1. The molecule has 0 heterocycles. The summed E-state index contributed by atoms with van der Waals surface area (Å²) < 4.78 is 14.3. The van der Waals surface area contributed by atoms with Crippen molar-refractivity contribution in [3.05, 3.63) is 11.5 Å². The summed E-state index contributed by atoms with van der Waals surface area (Å²) in [5, 5.41) is 0. The molecule has 4 nitrogen and oxygen atoms in total. The van der Waals surface area contributed by atoms with Gasteiger partial charge in [-0.1, -0.05) is 0 Å². The van der Waals surface area contributed by atoms with Gasteiger partial charge in [0.2, 0.25) is 0 Å².